The number of methoxy groups -OCH3 is 1. The monoisotopic (exact) mass is 424 g/mol. The molecule has 7 nitrogen and oxygen atoms in total. The number of rotatable bonds is 7. The molecule has 2 bridgehead atoms. The molecule has 0 radical (unpaired) electrons. The molecule has 0 saturated heterocycles. The number of aliphatic hydroxyl groups is 3. The molecule has 0 aromatic heterocycles. The summed E-state index contributed by atoms with van der Waals surface area (Å²) in [6.07, 6.45) is 4.78. The van der Waals surface area contributed by atoms with E-state index in [1.165, 1.54) is 27.9 Å². The van der Waals surface area contributed by atoms with Crippen LogP contribution in [0.5, 0.6) is 0 Å². The number of esters is 2. The molecule has 2 rings (SSSR count). The number of carbonyl (C=O) groups excluding carboxylic acids is 2. The van der Waals surface area contributed by atoms with Crippen molar-refractivity contribution in [3.05, 3.63) is 23.3 Å². The first-order valence-electron chi connectivity index (χ1n) is 10.6. The van der Waals surface area contributed by atoms with Gasteiger partial charge >= 0.3 is 11.9 Å². The molecule has 5 atom stereocenters. The normalized spacial score (nSPS) is 30.7. The SMILES string of the molecule is COC(=O)[C@H]1C2=CC[C@H](O)[C@@](C)(CC[C@@H]1/C(=C\C[C@@H](O)C(C)(C)O)COC(C)=O)C2. The van der Waals surface area contributed by atoms with Gasteiger partial charge in [0.2, 0.25) is 0 Å². The van der Waals surface area contributed by atoms with Gasteiger partial charge in [0.05, 0.1) is 30.8 Å². The Bertz CT molecular complexity index is 703. The Morgan fingerprint density at radius 3 is 2.63 bits per heavy atom. The molecule has 7 heteroatoms. The summed E-state index contributed by atoms with van der Waals surface area (Å²) < 4.78 is 10.4. The van der Waals surface area contributed by atoms with Crippen LogP contribution in [-0.2, 0) is 19.1 Å². The zero-order valence-electron chi connectivity index (χ0n) is 18.7. The molecule has 0 unspecified atom stereocenters. The Kier molecular flexibility index (Phi) is 7.88. The molecule has 0 amide bonds. The fourth-order valence-corrected chi connectivity index (χ4v) is 4.50. The molecule has 0 aromatic carbocycles. The number of hydrogen-bond acceptors (Lipinski definition) is 7. The summed E-state index contributed by atoms with van der Waals surface area (Å²) >= 11 is 0. The molecule has 0 heterocycles. The first-order valence-corrected chi connectivity index (χ1v) is 10.6. The van der Waals surface area contributed by atoms with E-state index in [1.807, 2.05) is 13.0 Å². The van der Waals surface area contributed by atoms with Gasteiger partial charge in [-0.25, -0.2) is 0 Å². The van der Waals surface area contributed by atoms with Gasteiger partial charge in [-0.3, -0.25) is 9.59 Å². The molecule has 1 fully saturated rings. The van der Waals surface area contributed by atoms with Crippen LogP contribution in [0.2, 0.25) is 0 Å². The van der Waals surface area contributed by atoms with Crippen LogP contribution in [0.15, 0.2) is 23.3 Å². The number of fused-ring (bicyclic) bond motifs is 2. The van der Waals surface area contributed by atoms with Crippen LogP contribution < -0.4 is 0 Å². The zero-order chi connectivity index (χ0) is 22.7. The quantitative estimate of drug-likeness (QED) is 0.424. The second-order valence-corrected chi connectivity index (χ2v) is 9.47. The van der Waals surface area contributed by atoms with Crippen molar-refractivity contribution in [2.45, 2.75) is 77.6 Å². The van der Waals surface area contributed by atoms with Crippen molar-refractivity contribution in [1.29, 1.82) is 0 Å². The average molecular weight is 425 g/mol. The van der Waals surface area contributed by atoms with Crippen molar-refractivity contribution >= 4 is 11.9 Å². The van der Waals surface area contributed by atoms with E-state index in [9.17, 15) is 24.9 Å². The molecule has 30 heavy (non-hydrogen) atoms. The van der Waals surface area contributed by atoms with Crippen molar-refractivity contribution in [2.75, 3.05) is 13.7 Å². The maximum absolute atomic E-state index is 12.8. The Morgan fingerprint density at radius 1 is 1.40 bits per heavy atom. The van der Waals surface area contributed by atoms with Crippen LogP contribution in [0, 0.1) is 17.3 Å². The minimum atomic E-state index is -1.29. The van der Waals surface area contributed by atoms with E-state index in [0.29, 0.717) is 25.7 Å². The summed E-state index contributed by atoms with van der Waals surface area (Å²) in [5.41, 5.74) is 0.0409. The van der Waals surface area contributed by atoms with Crippen LogP contribution >= 0.6 is 0 Å². The molecule has 2 aliphatic rings. The number of hydrogen-bond donors (Lipinski definition) is 3. The smallest absolute Gasteiger partial charge is 0.313 e. The summed E-state index contributed by atoms with van der Waals surface area (Å²) in [7, 11) is 1.36. The Morgan fingerprint density at radius 2 is 2.07 bits per heavy atom. The lowest BCUT2D eigenvalue weighted by atomic mass is 9.71. The molecule has 0 aliphatic heterocycles. The van der Waals surface area contributed by atoms with Crippen LogP contribution in [0.3, 0.4) is 0 Å². The fraction of sp³-hybridized carbons (Fsp3) is 0.739. The van der Waals surface area contributed by atoms with E-state index >= 15 is 0 Å². The Hall–Kier alpha value is -1.70. The molecule has 0 aromatic rings. The molecule has 170 valence electrons. The van der Waals surface area contributed by atoms with E-state index in [-0.39, 0.29) is 30.3 Å². The molecular formula is C23H36O7. The van der Waals surface area contributed by atoms with Crippen molar-refractivity contribution in [3.8, 4) is 0 Å². The molecule has 3 N–H and O–H groups in total. The third-order valence-corrected chi connectivity index (χ3v) is 6.64. The van der Waals surface area contributed by atoms with Crippen molar-refractivity contribution in [3.63, 3.8) is 0 Å². The van der Waals surface area contributed by atoms with E-state index in [0.717, 1.165) is 11.1 Å². The van der Waals surface area contributed by atoms with Crippen LogP contribution in [0.25, 0.3) is 0 Å². The van der Waals surface area contributed by atoms with E-state index < -0.39 is 29.7 Å². The summed E-state index contributed by atoms with van der Waals surface area (Å²) in [6, 6.07) is 0. The predicted octanol–water partition coefficient (Wildman–Crippen LogP) is 2.28. The van der Waals surface area contributed by atoms with Gasteiger partial charge in [0.15, 0.2) is 0 Å². The van der Waals surface area contributed by atoms with Gasteiger partial charge in [0, 0.05) is 12.8 Å². The summed E-state index contributed by atoms with van der Waals surface area (Å²) in [6.45, 7) is 6.40. The molecule has 2 aliphatic carbocycles. The highest BCUT2D eigenvalue weighted by molar-refractivity contribution is 5.77. The van der Waals surface area contributed by atoms with Crippen LogP contribution in [-0.4, -0.2) is 58.8 Å². The molecule has 0 spiro atoms. The fourth-order valence-electron chi connectivity index (χ4n) is 4.50. The summed E-state index contributed by atoms with van der Waals surface area (Å²) in [4.78, 5) is 24.3. The van der Waals surface area contributed by atoms with Gasteiger partial charge < -0.3 is 24.8 Å². The highest BCUT2D eigenvalue weighted by Crippen LogP contribution is 2.50. The molecular weight excluding hydrogens is 388 g/mol. The van der Waals surface area contributed by atoms with Crippen molar-refractivity contribution in [2.24, 2.45) is 17.3 Å². The van der Waals surface area contributed by atoms with E-state index in [1.54, 1.807) is 6.08 Å². The first-order chi connectivity index (χ1) is 13.9. The van der Waals surface area contributed by atoms with Gasteiger partial charge in [0.25, 0.3) is 0 Å². The maximum atomic E-state index is 12.8. The van der Waals surface area contributed by atoms with E-state index in [2.05, 4.69) is 0 Å². The summed E-state index contributed by atoms with van der Waals surface area (Å²) in [5.74, 6) is -1.62. The van der Waals surface area contributed by atoms with Crippen LogP contribution in [0.4, 0.5) is 0 Å². The first kappa shape index (κ1) is 24.6. The lowest BCUT2D eigenvalue weighted by Gasteiger charge is -2.37. The molecule has 1 saturated carbocycles. The second-order valence-electron chi connectivity index (χ2n) is 9.47. The third kappa shape index (κ3) is 5.71. The topological polar surface area (TPSA) is 113 Å². The predicted molar refractivity (Wildman–Crippen MR) is 111 cm³/mol. The minimum Gasteiger partial charge on any atom is -0.469 e. The van der Waals surface area contributed by atoms with Gasteiger partial charge in [-0.1, -0.05) is 24.6 Å². The Balaban J connectivity index is 2.44. The van der Waals surface area contributed by atoms with Gasteiger partial charge in [0.1, 0.15) is 6.61 Å². The number of aliphatic hydroxyl groups excluding tert-OH is 2. The zero-order valence-corrected chi connectivity index (χ0v) is 18.7. The highest BCUT2D eigenvalue weighted by Gasteiger charge is 2.46. The number of ether oxygens (including phenoxy) is 2. The third-order valence-electron chi connectivity index (χ3n) is 6.64. The standard InChI is InChI=1S/C23H36O7/c1-14(24)30-13-16(7-8-18(25)22(2,3)28)17-10-11-23(4)12-15(6-9-19(23)26)20(17)21(27)29-5/h6-7,17-20,25-26,28H,8-13H2,1-5H3/b16-7-/t17-,18-,19+,20+,23+/m1/s1. The van der Waals surface area contributed by atoms with Crippen LogP contribution in [0.1, 0.15) is 59.8 Å². The van der Waals surface area contributed by atoms with E-state index in [4.69, 9.17) is 9.47 Å². The highest BCUT2D eigenvalue weighted by atomic mass is 16.5. The largest absolute Gasteiger partial charge is 0.469 e. The maximum Gasteiger partial charge on any atom is 0.313 e. The average Bonchev–Trinajstić information content (AvgIpc) is 2.78. The lowest BCUT2D eigenvalue weighted by molar-refractivity contribution is -0.145. The van der Waals surface area contributed by atoms with Gasteiger partial charge in [-0.15, -0.1) is 0 Å². The van der Waals surface area contributed by atoms with Gasteiger partial charge in [-0.05, 0) is 56.9 Å². The summed E-state index contributed by atoms with van der Waals surface area (Å²) in [5, 5.41) is 30.9. The van der Waals surface area contributed by atoms with Crippen molar-refractivity contribution < 1.29 is 34.4 Å². The second kappa shape index (κ2) is 9.62. The Labute approximate surface area is 178 Å². The minimum absolute atomic E-state index is 0.00137. The van der Waals surface area contributed by atoms with Crippen molar-refractivity contribution in [1.82, 2.24) is 0 Å². The van der Waals surface area contributed by atoms with Gasteiger partial charge in [-0.2, -0.15) is 0 Å². The lowest BCUT2D eigenvalue weighted by Crippen LogP contribution is -2.36. The number of carbonyl (C=O) groups is 2.